The minimum Gasteiger partial charge on any atom is -0.373 e. The van der Waals surface area contributed by atoms with Crippen LogP contribution in [0.2, 0.25) is 0 Å². The van der Waals surface area contributed by atoms with Crippen LogP contribution in [0.4, 0.5) is 15.8 Å². The first kappa shape index (κ1) is 14.6. The number of carbonyl (C=O) groups excluding carboxylic acids is 1. The van der Waals surface area contributed by atoms with E-state index in [9.17, 15) is 9.18 Å². The second-order valence-electron chi connectivity index (χ2n) is 5.58. The van der Waals surface area contributed by atoms with Crippen LogP contribution < -0.4 is 9.80 Å². The van der Waals surface area contributed by atoms with E-state index >= 15 is 0 Å². The van der Waals surface area contributed by atoms with Crippen molar-refractivity contribution in [2.24, 2.45) is 0 Å². The number of fused-ring (bicyclic) bond motifs is 1. The second kappa shape index (κ2) is 6.18. The first-order chi connectivity index (χ1) is 10.7. The summed E-state index contributed by atoms with van der Waals surface area (Å²) >= 11 is 0. The Kier molecular flexibility index (Phi) is 4.09. The van der Waals surface area contributed by atoms with Crippen molar-refractivity contribution in [1.82, 2.24) is 0 Å². The Labute approximate surface area is 130 Å². The second-order valence-corrected chi connectivity index (χ2v) is 5.58. The van der Waals surface area contributed by atoms with Gasteiger partial charge in [-0.2, -0.15) is 0 Å². The zero-order valence-electron chi connectivity index (χ0n) is 12.6. The largest absolute Gasteiger partial charge is 0.373 e. The zero-order chi connectivity index (χ0) is 15.5. The molecule has 4 heteroatoms. The molecular weight excluding hydrogens is 279 g/mol. The minimum absolute atomic E-state index is 0.0622. The number of rotatable bonds is 2. The summed E-state index contributed by atoms with van der Waals surface area (Å²) in [4.78, 5) is 16.6. The predicted octanol–water partition coefficient (Wildman–Crippen LogP) is 3.24. The van der Waals surface area contributed by atoms with E-state index in [-0.39, 0.29) is 18.1 Å². The third-order valence-electron chi connectivity index (χ3n) is 4.06. The number of hydrogen-bond donors (Lipinski definition) is 0. The summed E-state index contributed by atoms with van der Waals surface area (Å²) in [6.45, 7) is 1.56. The van der Waals surface area contributed by atoms with Gasteiger partial charge in [-0.25, -0.2) is 4.39 Å². The highest BCUT2D eigenvalue weighted by Crippen LogP contribution is 2.31. The number of benzene rings is 2. The fraction of sp³-hybridized carbons (Fsp3) is 0.278. The van der Waals surface area contributed by atoms with Crippen LogP contribution in [0.1, 0.15) is 12.0 Å². The smallest absolute Gasteiger partial charge is 0.231 e. The Morgan fingerprint density at radius 2 is 1.73 bits per heavy atom. The van der Waals surface area contributed by atoms with Crippen LogP contribution in [0.25, 0.3) is 0 Å². The molecule has 1 aliphatic heterocycles. The predicted molar refractivity (Wildman–Crippen MR) is 86.8 cm³/mol. The lowest BCUT2D eigenvalue weighted by Gasteiger charge is -2.24. The van der Waals surface area contributed by atoms with Gasteiger partial charge in [-0.05, 0) is 30.2 Å². The number of amides is 1. The molecule has 114 valence electrons. The fourth-order valence-corrected chi connectivity index (χ4v) is 2.88. The molecule has 0 radical (unpaired) electrons. The Bertz CT molecular complexity index is 686. The third-order valence-corrected chi connectivity index (χ3v) is 4.06. The van der Waals surface area contributed by atoms with Gasteiger partial charge in [0.05, 0.1) is 17.8 Å². The highest BCUT2D eigenvalue weighted by atomic mass is 19.1. The summed E-state index contributed by atoms with van der Waals surface area (Å²) < 4.78 is 13.8. The van der Waals surface area contributed by atoms with Gasteiger partial charge in [0.15, 0.2) is 0 Å². The number of anilines is 2. The molecule has 0 spiro atoms. The normalized spacial score (nSPS) is 14.5. The van der Waals surface area contributed by atoms with Gasteiger partial charge >= 0.3 is 0 Å². The van der Waals surface area contributed by atoms with E-state index in [0.29, 0.717) is 12.1 Å². The molecule has 1 aliphatic rings. The number of hydrogen-bond acceptors (Lipinski definition) is 2. The van der Waals surface area contributed by atoms with Gasteiger partial charge in [0.2, 0.25) is 5.91 Å². The highest BCUT2D eigenvalue weighted by molar-refractivity contribution is 5.98. The van der Waals surface area contributed by atoms with Crippen LogP contribution >= 0.6 is 0 Å². The van der Waals surface area contributed by atoms with Crippen LogP contribution in [0, 0.1) is 5.82 Å². The van der Waals surface area contributed by atoms with E-state index in [1.165, 1.54) is 6.07 Å². The van der Waals surface area contributed by atoms with Crippen molar-refractivity contribution in [3.63, 3.8) is 0 Å². The zero-order valence-corrected chi connectivity index (χ0v) is 12.6. The standard InChI is InChI=1S/C18H19FN2O/c1-20-11-6-12-21(17-10-5-4-9-16(17)20)18(22)13-14-7-2-3-8-15(14)19/h2-5,7-10H,6,11-13H2,1H3. The van der Waals surface area contributed by atoms with Crippen LogP contribution in [0.15, 0.2) is 48.5 Å². The van der Waals surface area contributed by atoms with E-state index < -0.39 is 0 Å². The molecule has 3 nitrogen and oxygen atoms in total. The van der Waals surface area contributed by atoms with Crippen molar-refractivity contribution < 1.29 is 9.18 Å². The molecule has 0 saturated heterocycles. The van der Waals surface area contributed by atoms with Crippen LogP contribution in [0.3, 0.4) is 0 Å². The summed E-state index contributed by atoms with van der Waals surface area (Å²) in [5.74, 6) is -0.385. The van der Waals surface area contributed by atoms with Crippen molar-refractivity contribution >= 4 is 17.3 Å². The lowest BCUT2D eigenvalue weighted by atomic mass is 10.1. The maximum absolute atomic E-state index is 13.8. The van der Waals surface area contributed by atoms with Gasteiger partial charge < -0.3 is 9.80 Å². The first-order valence-electron chi connectivity index (χ1n) is 7.51. The van der Waals surface area contributed by atoms with Crippen molar-refractivity contribution in [2.75, 3.05) is 29.9 Å². The van der Waals surface area contributed by atoms with E-state index in [2.05, 4.69) is 4.90 Å². The SMILES string of the molecule is CN1CCCN(C(=O)Cc2ccccc2F)c2ccccc21. The summed E-state index contributed by atoms with van der Waals surface area (Å²) in [6, 6.07) is 14.3. The number of nitrogens with zero attached hydrogens (tertiary/aromatic N) is 2. The Balaban J connectivity index is 1.89. The van der Waals surface area contributed by atoms with Crippen LogP contribution in [0.5, 0.6) is 0 Å². The molecule has 0 aromatic heterocycles. The molecule has 1 amide bonds. The van der Waals surface area contributed by atoms with Gasteiger partial charge in [-0.1, -0.05) is 30.3 Å². The van der Waals surface area contributed by atoms with E-state index in [4.69, 9.17) is 0 Å². The average Bonchev–Trinajstić information content (AvgIpc) is 2.69. The molecule has 0 saturated carbocycles. The summed E-state index contributed by atoms with van der Waals surface area (Å²) in [6.07, 6.45) is 0.985. The summed E-state index contributed by atoms with van der Waals surface area (Å²) in [7, 11) is 2.03. The van der Waals surface area contributed by atoms with Crippen LogP contribution in [-0.2, 0) is 11.2 Å². The molecule has 1 heterocycles. The average molecular weight is 298 g/mol. The van der Waals surface area contributed by atoms with Crippen molar-refractivity contribution in [3.05, 3.63) is 59.9 Å². The topological polar surface area (TPSA) is 23.6 Å². The van der Waals surface area contributed by atoms with Gasteiger partial charge in [-0.15, -0.1) is 0 Å². The van der Waals surface area contributed by atoms with Gasteiger partial charge in [0.25, 0.3) is 0 Å². The van der Waals surface area contributed by atoms with Gasteiger partial charge in [0.1, 0.15) is 5.82 Å². The Morgan fingerprint density at radius 1 is 1.05 bits per heavy atom. The maximum atomic E-state index is 13.8. The molecule has 22 heavy (non-hydrogen) atoms. The van der Waals surface area contributed by atoms with Crippen LogP contribution in [-0.4, -0.2) is 26.0 Å². The van der Waals surface area contributed by atoms with E-state index in [1.54, 1.807) is 23.1 Å². The molecule has 2 aromatic carbocycles. The number of carbonyl (C=O) groups is 1. The Hall–Kier alpha value is -2.36. The molecule has 0 unspecified atom stereocenters. The molecule has 3 rings (SSSR count). The molecule has 0 bridgehead atoms. The number of para-hydroxylation sites is 2. The molecule has 0 fully saturated rings. The highest BCUT2D eigenvalue weighted by Gasteiger charge is 2.23. The quantitative estimate of drug-likeness (QED) is 0.850. The minimum atomic E-state index is -0.323. The molecule has 0 atom stereocenters. The first-order valence-corrected chi connectivity index (χ1v) is 7.51. The monoisotopic (exact) mass is 298 g/mol. The summed E-state index contributed by atoms with van der Waals surface area (Å²) in [5, 5.41) is 0. The van der Waals surface area contributed by atoms with Gasteiger partial charge in [-0.3, -0.25) is 4.79 Å². The molecule has 2 aromatic rings. The lowest BCUT2D eigenvalue weighted by molar-refractivity contribution is -0.118. The molecular formula is C18H19FN2O. The number of halogens is 1. The van der Waals surface area contributed by atoms with E-state index in [1.807, 2.05) is 31.3 Å². The molecule has 0 N–H and O–H groups in total. The van der Waals surface area contributed by atoms with E-state index in [0.717, 1.165) is 24.3 Å². The third kappa shape index (κ3) is 2.82. The summed E-state index contributed by atoms with van der Waals surface area (Å²) in [5.41, 5.74) is 2.40. The van der Waals surface area contributed by atoms with Crippen molar-refractivity contribution in [1.29, 1.82) is 0 Å². The lowest BCUT2D eigenvalue weighted by Crippen LogP contribution is -2.33. The van der Waals surface area contributed by atoms with Crippen molar-refractivity contribution in [2.45, 2.75) is 12.8 Å². The van der Waals surface area contributed by atoms with Crippen molar-refractivity contribution in [3.8, 4) is 0 Å². The fourth-order valence-electron chi connectivity index (χ4n) is 2.88. The molecule has 0 aliphatic carbocycles. The Morgan fingerprint density at radius 3 is 2.50 bits per heavy atom. The maximum Gasteiger partial charge on any atom is 0.231 e. The van der Waals surface area contributed by atoms with Gasteiger partial charge in [0, 0.05) is 20.1 Å².